The number of unbranched alkanes of at least 4 members (excludes halogenated alkanes) is 1. The maximum absolute atomic E-state index is 5.97. The first-order chi connectivity index (χ1) is 17.7. The number of nitrogens with one attached hydrogen (secondary N) is 1. The van der Waals surface area contributed by atoms with E-state index in [1.807, 2.05) is 0 Å². The third-order valence-corrected chi connectivity index (χ3v) is 7.75. The summed E-state index contributed by atoms with van der Waals surface area (Å²) in [5.41, 5.74) is 6.69. The lowest BCUT2D eigenvalue weighted by Gasteiger charge is -2.33. The van der Waals surface area contributed by atoms with Gasteiger partial charge < -0.3 is 19.9 Å². The maximum atomic E-state index is 5.97. The van der Waals surface area contributed by atoms with Gasteiger partial charge in [0.15, 0.2) is 5.11 Å². The Labute approximate surface area is 223 Å². The molecule has 0 saturated carbocycles. The Bertz CT molecular complexity index is 975. The van der Waals surface area contributed by atoms with Crippen molar-refractivity contribution in [2.75, 3.05) is 62.7 Å². The molecule has 2 aliphatic heterocycles. The standard InChI is InChI=1S/C30H44N4OS/c1-3-5-15-33-16-7-10-27-22-26(12-13-29(27)33)24-34(17-8-14-32-18-20-35-21-19-32)30(36)31-28-11-6-9-25(4-2)23-28/h6,9,11-13,22-23H,3-5,7-8,10,14-21,24H2,1-2H3,(H,31,36). The van der Waals surface area contributed by atoms with E-state index in [0.29, 0.717) is 0 Å². The highest BCUT2D eigenvalue weighted by Gasteiger charge is 2.19. The summed E-state index contributed by atoms with van der Waals surface area (Å²) in [6, 6.07) is 15.7. The molecule has 2 aromatic carbocycles. The average molecular weight is 509 g/mol. The minimum absolute atomic E-state index is 0.813. The Morgan fingerprint density at radius 3 is 2.67 bits per heavy atom. The van der Waals surface area contributed by atoms with Crippen LogP contribution in [0, 0.1) is 0 Å². The highest BCUT2D eigenvalue weighted by molar-refractivity contribution is 7.80. The van der Waals surface area contributed by atoms with Gasteiger partial charge in [0.2, 0.25) is 0 Å². The third kappa shape index (κ3) is 7.67. The van der Waals surface area contributed by atoms with Crippen molar-refractivity contribution in [3.05, 3.63) is 59.2 Å². The van der Waals surface area contributed by atoms with Crippen LogP contribution in [0.4, 0.5) is 11.4 Å². The SMILES string of the molecule is CCCCN1CCCc2cc(CN(CCCN3CCOCC3)C(=S)Nc3cccc(CC)c3)ccc21. The first-order valence-electron chi connectivity index (χ1n) is 14.0. The lowest BCUT2D eigenvalue weighted by atomic mass is 9.98. The highest BCUT2D eigenvalue weighted by atomic mass is 32.1. The van der Waals surface area contributed by atoms with Crippen molar-refractivity contribution >= 4 is 28.7 Å². The second-order valence-corrected chi connectivity index (χ2v) is 10.5. The predicted molar refractivity (Wildman–Crippen MR) is 156 cm³/mol. The number of ether oxygens (including phenoxy) is 1. The lowest BCUT2D eigenvalue weighted by molar-refractivity contribution is 0.0368. The molecule has 1 saturated heterocycles. The van der Waals surface area contributed by atoms with Crippen LogP contribution in [0.25, 0.3) is 0 Å². The number of nitrogens with zero attached hydrogens (tertiary/aromatic N) is 3. The zero-order chi connectivity index (χ0) is 25.2. The molecule has 196 valence electrons. The largest absolute Gasteiger partial charge is 0.379 e. The molecule has 0 atom stereocenters. The number of fused-ring (bicyclic) bond motifs is 1. The van der Waals surface area contributed by atoms with Gasteiger partial charge in [0.25, 0.3) is 0 Å². The van der Waals surface area contributed by atoms with Crippen molar-refractivity contribution in [2.24, 2.45) is 0 Å². The fourth-order valence-electron chi connectivity index (χ4n) is 5.26. The molecule has 0 aromatic heterocycles. The fraction of sp³-hybridized carbons (Fsp3) is 0.567. The van der Waals surface area contributed by atoms with Gasteiger partial charge in [-0.25, -0.2) is 0 Å². The van der Waals surface area contributed by atoms with Gasteiger partial charge in [-0.2, -0.15) is 0 Å². The molecule has 0 bridgehead atoms. The van der Waals surface area contributed by atoms with E-state index in [0.717, 1.165) is 69.6 Å². The molecule has 2 aliphatic rings. The van der Waals surface area contributed by atoms with Crippen LogP contribution in [0.1, 0.15) is 56.2 Å². The van der Waals surface area contributed by atoms with Crippen molar-refractivity contribution in [3.8, 4) is 0 Å². The Kier molecular flexibility index (Phi) is 10.4. The van der Waals surface area contributed by atoms with Gasteiger partial charge in [0, 0.05) is 57.2 Å². The molecule has 0 unspecified atom stereocenters. The zero-order valence-electron chi connectivity index (χ0n) is 22.3. The Hall–Kier alpha value is -2.15. The van der Waals surface area contributed by atoms with Crippen LogP contribution in [0.3, 0.4) is 0 Å². The molecule has 0 aliphatic carbocycles. The number of hydrogen-bond acceptors (Lipinski definition) is 4. The van der Waals surface area contributed by atoms with Crippen molar-refractivity contribution in [1.82, 2.24) is 9.80 Å². The first kappa shape index (κ1) is 26.9. The summed E-state index contributed by atoms with van der Waals surface area (Å²) in [6.45, 7) is 13.4. The predicted octanol–water partition coefficient (Wildman–Crippen LogP) is 5.72. The maximum Gasteiger partial charge on any atom is 0.173 e. The summed E-state index contributed by atoms with van der Waals surface area (Å²) in [7, 11) is 0. The van der Waals surface area contributed by atoms with E-state index in [-0.39, 0.29) is 0 Å². The van der Waals surface area contributed by atoms with Gasteiger partial charge in [0.1, 0.15) is 0 Å². The Morgan fingerprint density at radius 1 is 1.00 bits per heavy atom. The molecular formula is C30H44N4OS. The van der Waals surface area contributed by atoms with Crippen molar-refractivity contribution in [1.29, 1.82) is 0 Å². The number of rotatable bonds is 11. The van der Waals surface area contributed by atoms with Crippen molar-refractivity contribution < 1.29 is 4.74 Å². The molecule has 0 spiro atoms. The minimum Gasteiger partial charge on any atom is -0.379 e. The van der Waals surface area contributed by atoms with Gasteiger partial charge in [-0.1, -0.05) is 44.5 Å². The summed E-state index contributed by atoms with van der Waals surface area (Å²) in [4.78, 5) is 7.44. The highest BCUT2D eigenvalue weighted by Crippen LogP contribution is 2.29. The third-order valence-electron chi connectivity index (χ3n) is 7.39. The van der Waals surface area contributed by atoms with Crippen molar-refractivity contribution in [2.45, 2.75) is 58.9 Å². The van der Waals surface area contributed by atoms with Crippen LogP contribution in [-0.4, -0.2) is 67.4 Å². The number of hydrogen-bond donors (Lipinski definition) is 1. The number of aryl methyl sites for hydroxylation is 2. The topological polar surface area (TPSA) is 31.0 Å². The number of anilines is 2. The number of morpholine rings is 1. The molecule has 1 fully saturated rings. The molecule has 4 rings (SSSR count). The molecule has 0 amide bonds. The normalized spacial score (nSPS) is 16.0. The molecule has 5 nitrogen and oxygen atoms in total. The fourth-order valence-corrected chi connectivity index (χ4v) is 5.54. The van der Waals surface area contributed by atoms with Gasteiger partial charge in [-0.15, -0.1) is 0 Å². The monoisotopic (exact) mass is 508 g/mol. The van der Waals surface area contributed by atoms with E-state index >= 15 is 0 Å². The van der Waals surface area contributed by atoms with Gasteiger partial charge >= 0.3 is 0 Å². The van der Waals surface area contributed by atoms with Crippen LogP contribution >= 0.6 is 12.2 Å². The molecule has 6 heteroatoms. The molecule has 36 heavy (non-hydrogen) atoms. The van der Waals surface area contributed by atoms with Crippen molar-refractivity contribution in [3.63, 3.8) is 0 Å². The molecular weight excluding hydrogens is 464 g/mol. The minimum atomic E-state index is 0.813. The quantitative estimate of drug-likeness (QED) is 0.391. The molecule has 1 N–H and O–H groups in total. The van der Waals surface area contributed by atoms with Gasteiger partial charge in [0.05, 0.1) is 13.2 Å². The van der Waals surface area contributed by atoms with E-state index in [1.165, 1.54) is 61.2 Å². The summed E-state index contributed by atoms with van der Waals surface area (Å²) < 4.78 is 5.52. The van der Waals surface area contributed by atoms with Crippen LogP contribution in [-0.2, 0) is 24.1 Å². The molecule has 0 radical (unpaired) electrons. The number of thiocarbonyl (C=S) groups is 1. The summed E-state index contributed by atoms with van der Waals surface area (Å²) in [6.07, 6.45) is 7.04. The van der Waals surface area contributed by atoms with Crippen LogP contribution in [0.15, 0.2) is 42.5 Å². The first-order valence-corrected chi connectivity index (χ1v) is 14.4. The van der Waals surface area contributed by atoms with E-state index in [2.05, 4.69) is 76.3 Å². The molecule has 2 heterocycles. The van der Waals surface area contributed by atoms with Crippen LogP contribution in [0.5, 0.6) is 0 Å². The zero-order valence-corrected chi connectivity index (χ0v) is 23.1. The average Bonchev–Trinajstić information content (AvgIpc) is 2.91. The Balaban J connectivity index is 1.44. The Morgan fingerprint density at radius 2 is 1.86 bits per heavy atom. The van der Waals surface area contributed by atoms with E-state index in [1.54, 1.807) is 0 Å². The van der Waals surface area contributed by atoms with Crippen LogP contribution < -0.4 is 10.2 Å². The van der Waals surface area contributed by atoms with Gasteiger partial charge in [-0.3, -0.25) is 4.90 Å². The second-order valence-electron chi connectivity index (χ2n) is 10.1. The van der Waals surface area contributed by atoms with E-state index in [4.69, 9.17) is 17.0 Å². The van der Waals surface area contributed by atoms with E-state index < -0.39 is 0 Å². The van der Waals surface area contributed by atoms with Crippen LogP contribution in [0.2, 0.25) is 0 Å². The molecule has 2 aromatic rings. The number of benzene rings is 2. The van der Waals surface area contributed by atoms with Gasteiger partial charge in [-0.05, 0) is 79.2 Å². The summed E-state index contributed by atoms with van der Waals surface area (Å²) in [5, 5.41) is 4.35. The second kappa shape index (κ2) is 14.0. The van der Waals surface area contributed by atoms with E-state index in [9.17, 15) is 0 Å². The summed E-state index contributed by atoms with van der Waals surface area (Å²) >= 11 is 5.97. The summed E-state index contributed by atoms with van der Waals surface area (Å²) in [5.74, 6) is 0. The smallest absolute Gasteiger partial charge is 0.173 e. The lowest BCUT2D eigenvalue weighted by Crippen LogP contribution is -2.40.